The Kier molecular flexibility index (Phi) is 3.57. The predicted molar refractivity (Wildman–Crippen MR) is 78.1 cm³/mol. The van der Waals surface area contributed by atoms with E-state index in [2.05, 4.69) is 0 Å². The van der Waals surface area contributed by atoms with Crippen LogP contribution in [0.3, 0.4) is 0 Å². The monoisotopic (exact) mass is 287 g/mol. The van der Waals surface area contributed by atoms with E-state index in [9.17, 15) is 14.7 Å². The van der Waals surface area contributed by atoms with Crippen LogP contribution in [0.25, 0.3) is 0 Å². The third-order valence-corrected chi connectivity index (χ3v) is 5.08. The standard InChI is InChI=1S/C17H21NO3/c1-12-10-15(20)18(11-13-6-3-2-4-7-13)16(21)17(12)9-5-8-14(17)19/h2-4,6-7,12,15,20H,5,8-11H2,1H3/t12-,15+,17-/m0/s1. The second-order valence-corrected chi connectivity index (χ2v) is 6.28. The Balaban J connectivity index is 1.90. The van der Waals surface area contributed by atoms with Gasteiger partial charge in [-0.25, -0.2) is 0 Å². The molecule has 0 radical (unpaired) electrons. The van der Waals surface area contributed by atoms with Crippen LogP contribution in [0.2, 0.25) is 0 Å². The zero-order chi connectivity index (χ0) is 15.0. The summed E-state index contributed by atoms with van der Waals surface area (Å²) in [5.74, 6) is -0.202. The normalized spacial score (nSPS) is 33.0. The summed E-state index contributed by atoms with van der Waals surface area (Å²) >= 11 is 0. The number of rotatable bonds is 2. The van der Waals surface area contributed by atoms with Crippen molar-refractivity contribution in [2.75, 3.05) is 0 Å². The van der Waals surface area contributed by atoms with Crippen molar-refractivity contribution in [1.29, 1.82) is 0 Å². The van der Waals surface area contributed by atoms with Gasteiger partial charge in [0, 0.05) is 13.0 Å². The summed E-state index contributed by atoms with van der Waals surface area (Å²) in [5, 5.41) is 10.3. The molecule has 1 saturated carbocycles. The number of piperidine rings is 1. The summed E-state index contributed by atoms with van der Waals surface area (Å²) in [4.78, 5) is 26.8. The number of likely N-dealkylation sites (tertiary alicyclic amines) is 1. The van der Waals surface area contributed by atoms with Crippen molar-refractivity contribution in [2.45, 2.75) is 45.4 Å². The first kappa shape index (κ1) is 14.3. The van der Waals surface area contributed by atoms with E-state index >= 15 is 0 Å². The number of hydrogen-bond donors (Lipinski definition) is 1. The van der Waals surface area contributed by atoms with Gasteiger partial charge < -0.3 is 10.0 Å². The van der Waals surface area contributed by atoms with Crippen LogP contribution in [-0.4, -0.2) is 27.9 Å². The van der Waals surface area contributed by atoms with E-state index < -0.39 is 11.6 Å². The number of ketones is 1. The lowest BCUT2D eigenvalue weighted by atomic mass is 9.68. The predicted octanol–water partition coefficient (Wildman–Crippen LogP) is 2.11. The summed E-state index contributed by atoms with van der Waals surface area (Å²) < 4.78 is 0. The highest BCUT2D eigenvalue weighted by atomic mass is 16.3. The number of nitrogens with zero attached hydrogens (tertiary/aromatic N) is 1. The maximum absolute atomic E-state index is 12.9. The second-order valence-electron chi connectivity index (χ2n) is 6.28. The van der Waals surface area contributed by atoms with Crippen LogP contribution >= 0.6 is 0 Å². The van der Waals surface area contributed by atoms with Crippen LogP contribution in [0, 0.1) is 11.3 Å². The maximum atomic E-state index is 12.9. The van der Waals surface area contributed by atoms with Crippen molar-refractivity contribution in [3.05, 3.63) is 35.9 Å². The Labute approximate surface area is 124 Å². The average molecular weight is 287 g/mol. The van der Waals surface area contributed by atoms with Gasteiger partial charge in [-0.3, -0.25) is 9.59 Å². The van der Waals surface area contributed by atoms with Gasteiger partial charge in [0.05, 0.1) is 0 Å². The molecule has 1 aromatic carbocycles. The van der Waals surface area contributed by atoms with Crippen LogP contribution in [0.4, 0.5) is 0 Å². The third-order valence-electron chi connectivity index (χ3n) is 5.08. The molecule has 1 aliphatic heterocycles. The minimum atomic E-state index is -0.881. The fraction of sp³-hybridized carbons (Fsp3) is 0.529. The molecule has 0 aromatic heterocycles. The molecule has 1 amide bonds. The van der Waals surface area contributed by atoms with Gasteiger partial charge >= 0.3 is 0 Å². The van der Waals surface area contributed by atoms with Gasteiger partial charge in [0.1, 0.15) is 17.4 Å². The van der Waals surface area contributed by atoms with E-state index in [1.54, 1.807) is 0 Å². The van der Waals surface area contributed by atoms with E-state index in [1.165, 1.54) is 4.90 Å². The second kappa shape index (κ2) is 5.26. The van der Waals surface area contributed by atoms with Gasteiger partial charge in [-0.2, -0.15) is 0 Å². The summed E-state index contributed by atoms with van der Waals surface area (Å²) in [5.41, 5.74) is 0.0913. The van der Waals surface area contributed by atoms with Crippen LogP contribution < -0.4 is 0 Å². The number of carbonyl (C=O) groups excluding carboxylic acids is 2. The lowest BCUT2D eigenvalue weighted by Gasteiger charge is -2.45. The minimum Gasteiger partial charge on any atom is -0.374 e. The SMILES string of the molecule is C[C@H]1C[C@@H](O)N(Cc2ccccc2)C(=O)[C@@]12CCCC2=O. The number of Topliss-reactive ketones (excluding diaryl/α,β-unsaturated/α-hetero) is 1. The van der Waals surface area contributed by atoms with Crippen molar-refractivity contribution in [2.24, 2.45) is 11.3 Å². The molecule has 1 spiro atoms. The van der Waals surface area contributed by atoms with Crippen LogP contribution in [0.5, 0.6) is 0 Å². The zero-order valence-electron chi connectivity index (χ0n) is 12.3. The van der Waals surface area contributed by atoms with Gasteiger partial charge in [0.25, 0.3) is 0 Å². The summed E-state index contributed by atoms with van der Waals surface area (Å²) in [7, 11) is 0. The Morgan fingerprint density at radius 1 is 1.29 bits per heavy atom. The maximum Gasteiger partial charge on any atom is 0.238 e. The highest BCUT2D eigenvalue weighted by molar-refractivity contribution is 6.08. The topological polar surface area (TPSA) is 57.6 Å². The molecule has 4 heteroatoms. The molecule has 3 atom stereocenters. The number of carbonyl (C=O) groups is 2. The molecule has 2 fully saturated rings. The number of benzene rings is 1. The van der Waals surface area contributed by atoms with Crippen molar-refractivity contribution < 1.29 is 14.7 Å². The first-order chi connectivity index (χ1) is 10.1. The smallest absolute Gasteiger partial charge is 0.238 e. The summed E-state index contributed by atoms with van der Waals surface area (Å²) in [6, 6.07) is 9.61. The van der Waals surface area contributed by atoms with E-state index in [4.69, 9.17) is 0 Å². The van der Waals surface area contributed by atoms with Crippen molar-refractivity contribution in [3.63, 3.8) is 0 Å². The quantitative estimate of drug-likeness (QED) is 0.848. The average Bonchev–Trinajstić information content (AvgIpc) is 2.86. The van der Waals surface area contributed by atoms with E-state index in [1.807, 2.05) is 37.3 Å². The molecule has 1 aromatic rings. The molecular formula is C17H21NO3. The first-order valence-electron chi connectivity index (χ1n) is 7.62. The van der Waals surface area contributed by atoms with E-state index in [0.717, 1.165) is 12.0 Å². The number of aliphatic hydroxyl groups excluding tert-OH is 1. The molecule has 1 aliphatic carbocycles. The van der Waals surface area contributed by atoms with Gasteiger partial charge in [-0.1, -0.05) is 37.3 Å². The Bertz CT molecular complexity index is 556. The van der Waals surface area contributed by atoms with Crippen LogP contribution in [0.15, 0.2) is 30.3 Å². The van der Waals surface area contributed by atoms with Gasteiger partial charge in [0.15, 0.2) is 0 Å². The van der Waals surface area contributed by atoms with Gasteiger partial charge in [-0.05, 0) is 30.7 Å². The molecule has 1 heterocycles. The molecule has 3 rings (SSSR count). The summed E-state index contributed by atoms with van der Waals surface area (Å²) in [6.45, 7) is 2.28. The first-order valence-corrected chi connectivity index (χ1v) is 7.62. The van der Waals surface area contributed by atoms with E-state index in [0.29, 0.717) is 25.8 Å². The van der Waals surface area contributed by atoms with Crippen molar-refractivity contribution in [1.82, 2.24) is 4.90 Å². The highest BCUT2D eigenvalue weighted by Crippen LogP contribution is 2.48. The molecule has 4 nitrogen and oxygen atoms in total. The Morgan fingerprint density at radius 2 is 2.00 bits per heavy atom. The minimum absolute atomic E-state index is 0.0601. The molecule has 0 unspecified atom stereocenters. The van der Waals surface area contributed by atoms with Crippen LogP contribution in [-0.2, 0) is 16.1 Å². The lowest BCUT2D eigenvalue weighted by Crippen LogP contribution is -2.58. The fourth-order valence-electron chi connectivity index (χ4n) is 3.84. The van der Waals surface area contributed by atoms with Crippen LogP contribution in [0.1, 0.15) is 38.2 Å². The van der Waals surface area contributed by atoms with Crippen molar-refractivity contribution in [3.8, 4) is 0 Å². The molecule has 0 bridgehead atoms. The Hall–Kier alpha value is -1.68. The number of amides is 1. The lowest BCUT2D eigenvalue weighted by molar-refractivity contribution is -0.172. The third kappa shape index (κ3) is 2.18. The van der Waals surface area contributed by atoms with Gasteiger partial charge in [0.2, 0.25) is 5.91 Å². The van der Waals surface area contributed by atoms with E-state index in [-0.39, 0.29) is 17.6 Å². The Morgan fingerprint density at radius 3 is 2.62 bits per heavy atom. The highest BCUT2D eigenvalue weighted by Gasteiger charge is 2.57. The largest absolute Gasteiger partial charge is 0.374 e. The number of hydrogen-bond acceptors (Lipinski definition) is 3. The van der Waals surface area contributed by atoms with Gasteiger partial charge in [-0.15, -0.1) is 0 Å². The molecule has 2 aliphatic rings. The molecular weight excluding hydrogens is 266 g/mol. The fourth-order valence-corrected chi connectivity index (χ4v) is 3.84. The number of aliphatic hydroxyl groups is 1. The zero-order valence-corrected chi connectivity index (χ0v) is 12.3. The molecule has 112 valence electrons. The molecule has 1 saturated heterocycles. The summed E-state index contributed by atoms with van der Waals surface area (Å²) in [6.07, 6.45) is 1.58. The molecule has 1 N–H and O–H groups in total. The van der Waals surface area contributed by atoms with Crippen molar-refractivity contribution >= 4 is 11.7 Å². The molecule has 21 heavy (non-hydrogen) atoms.